The Morgan fingerprint density at radius 2 is 2.04 bits per heavy atom. The molecule has 0 bridgehead atoms. The molecule has 2 rings (SSSR count). The van der Waals surface area contributed by atoms with E-state index in [-0.39, 0.29) is 5.56 Å². The molecule has 2 N–H and O–H groups in total. The van der Waals surface area contributed by atoms with Gasteiger partial charge in [0.15, 0.2) is 5.16 Å². The fraction of sp³-hybridized carbons (Fsp3) is 0.474. The van der Waals surface area contributed by atoms with Crippen LogP contribution < -0.4 is 16.2 Å². The van der Waals surface area contributed by atoms with Crippen LogP contribution in [-0.2, 0) is 11.3 Å². The normalized spacial score (nSPS) is 12.0. The van der Waals surface area contributed by atoms with Gasteiger partial charge >= 0.3 is 6.03 Å². The predicted octanol–water partition coefficient (Wildman–Crippen LogP) is 3.68. The van der Waals surface area contributed by atoms with Gasteiger partial charge in [-0.2, -0.15) is 0 Å². The first kappa shape index (κ1) is 22.4. The number of imide groups is 1. The van der Waals surface area contributed by atoms with Gasteiger partial charge in [0.05, 0.1) is 16.2 Å². The molecule has 152 valence electrons. The molecule has 1 aromatic heterocycles. The maximum absolute atomic E-state index is 13.0. The van der Waals surface area contributed by atoms with Gasteiger partial charge in [-0.25, -0.2) is 9.78 Å². The van der Waals surface area contributed by atoms with Crippen LogP contribution in [0.15, 0.2) is 32.6 Å². The number of hydrogen-bond acceptors (Lipinski definition) is 5. The summed E-state index contributed by atoms with van der Waals surface area (Å²) in [5.74, 6) is -0.429. The third-order valence-electron chi connectivity index (χ3n) is 4.09. The second-order valence-electron chi connectivity index (χ2n) is 6.33. The Morgan fingerprint density at radius 3 is 2.71 bits per heavy atom. The Labute approximate surface area is 176 Å². The molecule has 2 aromatic rings. The second kappa shape index (κ2) is 10.6. The monoisotopic (exact) mass is 468 g/mol. The number of amides is 3. The molecule has 0 fully saturated rings. The lowest BCUT2D eigenvalue weighted by Gasteiger charge is -2.16. The van der Waals surface area contributed by atoms with E-state index in [2.05, 4.69) is 38.5 Å². The summed E-state index contributed by atoms with van der Waals surface area (Å²) in [6, 6.07) is 4.84. The minimum Gasteiger partial charge on any atom is -0.338 e. The molecule has 0 radical (unpaired) electrons. The van der Waals surface area contributed by atoms with Crippen molar-refractivity contribution in [2.45, 2.75) is 57.0 Å². The molecule has 1 heterocycles. The molecule has 7 nitrogen and oxygen atoms in total. The highest BCUT2D eigenvalue weighted by atomic mass is 79.9. The van der Waals surface area contributed by atoms with Crippen LogP contribution in [0.1, 0.15) is 40.0 Å². The number of benzene rings is 1. The van der Waals surface area contributed by atoms with E-state index < -0.39 is 17.2 Å². The number of nitrogens with zero attached hydrogens (tertiary/aromatic N) is 2. The van der Waals surface area contributed by atoms with Crippen molar-refractivity contribution < 1.29 is 9.59 Å². The Balaban J connectivity index is 2.34. The number of carbonyl (C=O) groups is 2. The summed E-state index contributed by atoms with van der Waals surface area (Å²) in [5, 5.41) is 5.26. The van der Waals surface area contributed by atoms with Gasteiger partial charge in [-0.1, -0.05) is 47.5 Å². The van der Waals surface area contributed by atoms with Crippen molar-refractivity contribution in [3.8, 4) is 0 Å². The van der Waals surface area contributed by atoms with Crippen molar-refractivity contribution >= 4 is 50.5 Å². The van der Waals surface area contributed by atoms with Crippen molar-refractivity contribution in [1.82, 2.24) is 20.2 Å². The van der Waals surface area contributed by atoms with Crippen LogP contribution in [0.4, 0.5) is 4.79 Å². The van der Waals surface area contributed by atoms with Crippen LogP contribution in [0, 0.1) is 0 Å². The van der Waals surface area contributed by atoms with Gasteiger partial charge in [0.1, 0.15) is 0 Å². The smallest absolute Gasteiger partial charge is 0.321 e. The standard InChI is InChI=1S/C19H25BrN4O3S/c1-4-6-7-10-24-17(26)14-11-13(20)8-9-15(14)22-19(24)28-12(3)16(25)23-18(27)21-5-2/h8-9,11-12H,4-7,10H2,1-3H3,(H2,21,23,25,27)/t12-/m0/s1. The largest absolute Gasteiger partial charge is 0.338 e. The summed E-state index contributed by atoms with van der Waals surface area (Å²) >= 11 is 4.57. The summed E-state index contributed by atoms with van der Waals surface area (Å²) < 4.78 is 2.44. The number of carbonyl (C=O) groups excluding carboxylic acids is 2. The molecule has 0 aliphatic rings. The Hall–Kier alpha value is -1.87. The van der Waals surface area contributed by atoms with Gasteiger partial charge in [0, 0.05) is 17.6 Å². The molecule has 28 heavy (non-hydrogen) atoms. The molecule has 0 saturated heterocycles. The van der Waals surface area contributed by atoms with Crippen molar-refractivity contribution in [3.05, 3.63) is 33.0 Å². The Bertz CT molecular complexity index is 916. The molecule has 0 unspecified atom stereocenters. The SMILES string of the molecule is CCCCCn1c(S[C@@H](C)C(=O)NC(=O)NCC)nc2ccc(Br)cc2c1=O. The maximum atomic E-state index is 13.0. The fourth-order valence-corrected chi connectivity index (χ4v) is 3.91. The minimum atomic E-state index is -0.583. The van der Waals surface area contributed by atoms with Gasteiger partial charge in [-0.3, -0.25) is 19.5 Å². The van der Waals surface area contributed by atoms with Crippen LogP contribution in [0.2, 0.25) is 0 Å². The van der Waals surface area contributed by atoms with E-state index in [0.717, 1.165) is 23.7 Å². The molecule has 3 amide bonds. The maximum Gasteiger partial charge on any atom is 0.321 e. The van der Waals surface area contributed by atoms with Crippen molar-refractivity contribution in [1.29, 1.82) is 0 Å². The highest BCUT2D eigenvalue weighted by molar-refractivity contribution is 9.10. The van der Waals surface area contributed by atoms with E-state index >= 15 is 0 Å². The van der Waals surface area contributed by atoms with E-state index in [1.807, 2.05) is 6.07 Å². The van der Waals surface area contributed by atoms with E-state index in [1.165, 1.54) is 11.8 Å². The lowest BCUT2D eigenvalue weighted by atomic mass is 10.2. The van der Waals surface area contributed by atoms with Gasteiger partial charge in [-0.15, -0.1) is 0 Å². The van der Waals surface area contributed by atoms with Crippen LogP contribution in [-0.4, -0.2) is 33.3 Å². The number of urea groups is 1. The average molecular weight is 469 g/mol. The second-order valence-corrected chi connectivity index (χ2v) is 8.55. The highest BCUT2D eigenvalue weighted by Gasteiger charge is 2.21. The van der Waals surface area contributed by atoms with Gasteiger partial charge < -0.3 is 5.32 Å². The number of rotatable bonds is 8. The molecule has 0 spiro atoms. The first-order valence-electron chi connectivity index (χ1n) is 9.32. The zero-order valence-corrected chi connectivity index (χ0v) is 18.7. The number of fused-ring (bicyclic) bond motifs is 1. The number of aromatic nitrogens is 2. The number of thioether (sulfide) groups is 1. The van der Waals surface area contributed by atoms with Gasteiger partial charge in [0.25, 0.3) is 5.56 Å². The molecule has 0 aliphatic heterocycles. The molecule has 1 aromatic carbocycles. The van der Waals surface area contributed by atoms with Gasteiger partial charge in [0.2, 0.25) is 5.91 Å². The lowest BCUT2D eigenvalue weighted by molar-refractivity contribution is -0.119. The fourth-order valence-electron chi connectivity index (χ4n) is 2.61. The van der Waals surface area contributed by atoms with E-state index in [9.17, 15) is 14.4 Å². The van der Waals surface area contributed by atoms with Crippen molar-refractivity contribution in [3.63, 3.8) is 0 Å². The Kier molecular flexibility index (Phi) is 8.50. The number of hydrogen-bond donors (Lipinski definition) is 2. The average Bonchev–Trinajstić information content (AvgIpc) is 2.65. The van der Waals surface area contributed by atoms with E-state index in [1.54, 1.807) is 30.5 Å². The predicted molar refractivity (Wildman–Crippen MR) is 116 cm³/mol. The molecule has 1 atom stereocenters. The number of nitrogens with one attached hydrogen (secondary N) is 2. The summed E-state index contributed by atoms with van der Waals surface area (Å²) in [5.41, 5.74) is 0.458. The van der Waals surface area contributed by atoms with Gasteiger partial charge in [-0.05, 0) is 38.5 Å². The molecular formula is C19H25BrN4O3S. The minimum absolute atomic E-state index is 0.124. The quantitative estimate of drug-likeness (QED) is 0.350. The summed E-state index contributed by atoms with van der Waals surface area (Å²) in [4.78, 5) is 41.5. The first-order valence-corrected chi connectivity index (χ1v) is 11.0. The summed E-state index contributed by atoms with van der Waals surface area (Å²) in [6.45, 7) is 6.53. The summed E-state index contributed by atoms with van der Waals surface area (Å²) in [7, 11) is 0. The zero-order chi connectivity index (χ0) is 20.7. The van der Waals surface area contributed by atoms with Crippen molar-refractivity contribution in [2.75, 3.05) is 6.54 Å². The van der Waals surface area contributed by atoms with E-state index in [0.29, 0.717) is 29.1 Å². The molecule has 0 aliphatic carbocycles. The molecule has 9 heteroatoms. The third-order valence-corrected chi connectivity index (χ3v) is 5.68. The topological polar surface area (TPSA) is 93.1 Å². The summed E-state index contributed by atoms with van der Waals surface area (Å²) in [6.07, 6.45) is 2.89. The number of unbranched alkanes of at least 4 members (excludes halogenated alkanes) is 2. The highest BCUT2D eigenvalue weighted by Crippen LogP contribution is 2.24. The zero-order valence-electron chi connectivity index (χ0n) is 16.3. The molecular weight excluding hydrogens is 444 g/mol. The molecule has 0 saturated carbocycles. The third kappa shape index (κ3) is 5.81. The lowest BCUT2D eigenvalue weighted by Crippen LogP contribution is -2.42. The van der Waals surface area contributed by atoms with Crippen LogP contribution in [0.5, 0.6) is 0 Å². The Morgan fingerprint density at radius 1 is 1.29 bits per heavy atom. The first-order chi connectivity index (χ1) is 13.4. The number of halogens is 1. The van der Waals surface area contributed by atoms with Crippen LogP contribution >= 0.6 is 27.7 Å². The van der Waals surface area contributed by atoms with E-state index in [4.69, 9.17) is 0 Å². The van der Waals surface area contributed by atoms with Crippen LogP contribution in [0.3, 0.4) is 0 Å². The van der Waals surface area contributed by atoms with Crippen molar-refractivity contribution in [2.24, 2.45) is 0 Å². The van der Waals surface area contributed by atoms with Crippen LogP contribution in [0.25, 0.3) is 10.9 Å².